The second kappa shape index (κ2) is 5.09. The number of nitrogens with two attached hydrogens (primary N) is 1. The predicted octanol–water partition coefficient (Wildman–Crippen LogP) is -0.193. The minimum absolute atomic E-state index is 0.378. The summed E-state index contributed by atoms with van der Waals surface area (Å²) in [5.74, 6) is -1.83. The Morgan fingerprint density at radius 2 is 2.18 bits per heavy atom. The molecule has 4 N–H and O–H groups in total. The maximum absolute atomic E-state index is 10.4. The number of aliphatic carboxylic acids is 1. The summed E-state index contributed by atoms with van der Waals surface area (Å²) >= 11 is 0. The molecule has 0 fully saturated rings. The molecule has 0 heterocycles. The summed E-state index contributed by atoms with van der Waals surface area (Å²) in [5, 5.41) is 17.2. The lowest BCUT2D eigenvalue weighted by Gasteiger charge is -2.16. The van der Waals surface area contributed by atoms with Crippen molar-refractivity contribution < 1.29 is 15.0 Å². The molecule has 0 aliphatic carbocycles. The number of hydrogen-bond donors (Lipinski definition) is 3. The third-order valence-electron chi connectivity index (χ3n) is 1.65. The van der Waals surface area contributed by atoms with Crippen molar-refractivity contribution in [1.82, 2.24) is 0 Å². The van der Waals surface area contributed by atoms with Crippen molar-refractivity contribution in [3.05, 3.63) is 0 Å². The van der Waals surface area contributed by atoms with Crippen molar-refractivity contribution in [2.24, 2.45) is 11.7 Å². The summed E-state index contributed by atoms with van der Waals surface area (Å²) in [4.78, 5) is 10.4. The number of carboxylic acids is 1. The van der Waals surface area contributed by atoms with Gasteiger partial charge in [0.2, 0.25) is 0 Å². The fourth-order valence-corrected chi connectivity index (χ4v) is 0.931. The van der Waals surface area contributed by atoms with E-state index in [0.29, 0.717) is 6.42 Å². The van der Waals surface area contributed by atoms with Crippen LogP contribution in [0.15, 0.2) is 0 Å². The van der Waals surface area contributed by atoms with E-state index in [2.05, 4.69) is 0 Å². The number of hydrogen-bond acceptors (Lipinski definition) is 3. The van der Waals surface area contributed by atoms with E-state index in [1.165, 1.54) is 0 Å². The van der Waals surface area contributed by atoms with E-state index in [4.69, 9.17) is 15.9 Å². The molecule has 0 aliphatic heterocycles. The molecule has 2 atom stereocenters. The van der Waals surface area contributed by atoms with Crippen molar-refractivity contribution >= 4 is 5.97 Å². The fourth-order valence-electron chi connectivity index (χ4n) is 0.931. The molecule has 66 valence electrons. The van der Waals surface area contributed by atoms with Gasteiger partial charge < -0.3 is 15.9 Å². The Hall–Kier alpha value is -0.610. The first-order valence-electron chi connectivity index (χ1n) is 3.72. The summed E-state index contributed by atoms with van der Waals surface area (Å²) in [6.45, 7) is 1.55. The van der Waals surface area contributed by atoms with E-state index < -0.39 is 17.9 Å². The minimum atomic E-state index is -1.02. The lowest BCUT2D eigenvalue weighted by molar-refractivity contribution is -0.143. The van der Waals surface area contributed by atoms with Crippen molar-refractivity contribution in [2.45, 2.75) is 25.8 Å². The summed E-state index contributed by atoms with van der Waals surface area (Å²) in [6.07, 6.45) is 1.47. The van der Waals surface area contributed by atoms with E-state index in [9.17, 15) is 4.79 Å². The Balaban J connectivity index is 3.91. The van der Waals surface area contributed by atoms with Gasteiger partial charge in [-0.05, 0) is 6.42 Å². The monoisotopic (exact) mass is 161 g/mol. The number of aliphatic hydroxyl groups excluding tert-OH is 1. The third kappa shape index (κ3) is 3.34. The normalized spacial score (nSPS) is 15.9. The largest absolute Gasteiger partial charge is 0.481 e. The fraction of sp³-hybridized carbons (Fsp3) is 0.857. The van der Waals surface area contributed by atoms with Crippen LogP contribution >= 0.6 is 0 Å². The molecule has 0 aliphatic rings. The number of carboxylic acid groups (broad SMARTS) is 1. The third-order valence-corrected chi connectivity index (χ3v) is 1.65. The average Bonchev–Trinajstić information content (AvgIpc) is 1.88. The molecule has 0 amide bonds. The van der Waals surface area contributed by atoms with Gasteiger partial charge in [-0.15, -0.1) is 0 Å². The van der Waals surface area contributed by atoms with E-state index >= 15 is 0 Å². The minimum Gasteiger partial charge on any atom is -0.481 e. The van der Waals surface area contributed by atoms with Crippen molar-refractivity contribution in [1.29, 1.82) is 0 Å². The summed E-state index contributed by atoms with van der Waals surface area (Å²) in [6, 6.07) is -0.428. The predicted molar refractivity (Wildman–Crippen MR) is 41.1 cm³/mol. The molecule has 0 aromatic carbocycles. The molecule has 1 unspecified atom stereocenters. The highest BCUT2D eigenvalue weighted by Gasteiger charge is 2.23. The first kappa shape index (κ1) is 10.4. The molecule has 0 rings (SSSR count). The Bertz CT molecular complexity index is 127. The van der Waals surface area contributed by atoms with E-state index in [1.807, 2.05) is 6.92 Å². The first-order chi connectivity index (χ1) is 5.13. The van der Waals surface area contributed by atoms with Crippen LogP contribution in [0.4, 0.5) is 0 Å². The summed E-state index contributed by atoms with van der Waals surface area (Å²) in [5.41, 5.74) is 5.50. The van der Waals surface area contributed by atoms with Gasteiger partial charge in [0.15, 0.2) is 0 Å². The molecule has 0 saturated heterocycles. The van der Waals surface area contributed by atoms with Crippen LogP contribution in [0.2, 0.25) is 0 Å². The maximum atomic E-state index is 10.4. The number of carbonyl (C=O) groups is 1. The molecular formula is C7H15NO3. The molecular weight excluding hydrogens is 146 g/mol. The first-order valence-corrected chi connectivity index (χ1v) is 3.72. The Morgan fingerprint density at radius 1 is 1.64 bits per heavy atom. The van der Waals surface area contributed by atoms with Crippen molar-refractivity contribution in [3.63, 3.8) is 0 Å². The van der Waals surface area contributed by atoms with Crippen LogP contribution in [0, 0.1) is 5.92 Å². The summed E-state index contributed by atoms with van der Waals surface area (Å²) in [7, 11) is 0. The topological polar surface area (TPSA) is 83.5 Å². The highest BCUT2D eigenvalue weighted by molar-refractivity contribution is 5.70. The molecule has 0 bridgehead atoms. The van der Waals surface area contributed by atoms with Crippen LogP contribution in [0.1, 0.15) is 19.8 Å². The van der Waals surface area contributed by atoms with Crippen molar-refractivity contribution in [2.75, 3.05) is 6.61 Å². The van der Waals surface area contributed by atoms with Crippen LogP contribution in [0.5, 0.6) is 0 Å². The van der Waals surface area contributed by atoms with Gasteiger partial charge in [-0.3, -0.25) is 4.79 Å². The molecule has 11 heavy (non-hydrogen) atoms. The zero-order valence-corrected chi connectivity index (χ0v) is 6.66. The number of aliphatic hydroxyl groups is 1. The van der Waals surface area contributed by atoms with Gasteiger partial charge in [0.1, 0.15) is 0 Å². The van der Waals surface area contributed by atoms with Crippen LogP contribution in [0.25, 0.3) is 0 Å². The average molecular weight is 161 g/mol. The van der Waals surface area contributed by atoms with Gasteiger partial charge in [-0.1, -0.05) is 13.3 Å². The molecule has 4 heteroatoms. The zero-order valence-electron chi connectivity index (χ0n) is 6.66. The van der Waals surface area contributed by atoms with Gasteiger partial charge in [0, 0.05) is 6.04 Å². The molecule has 4 nitrogen and oxygen atoms in total. The molecule has 0 aromatic rings. The van der Waals surface area contributed by atoms with Crippen LogP contribution in [-0.2, 0) is 4.79 Å². The highest BCUT2D eigenvalue weighted by Crippen LogP contribution is 2.06. The van der Waals surface area contributed by atoms with Gasteiger partial charge >= 0.3 is 5.97 Å². The SMILES string of the molecule is CCC[C@H](N)C(CO)C(=O)O. The second-order valence-electron chi connectivity index (χ2n) is 2.58. The van der Waals surface area contributed by atoms with Gasteiger partial charge in [0.05, 0.1) is 12.5 Å². The lowest BCUT2D eigenvalue weighted by atomic mass is 9.98. The standard InChI is InChI=1S/C7H15NO3/c1-2-3-6(8)5(4-9)7(10)11/h5-6,9H,2-4,8H2,1H3,(H,10,11)/t5?,6-/m0/s1. The van der Waals surface area contributed by atoms with Gasteiger partial charge in [-0.2, -0.15) is 0 Å². The van der Waals surface area contributed by atoms with Crippen molar-refractivity contribution in [3.8, 4) is 0 Å². The van der Waals surface area contributed by atoms with Crippen LogP contribution < -0.4 is 5.73 Å². The molecule has 0 aromatic heterocycles. The number of rotatable bonds is 5. The smallest absolute Gasteiger partial charge is 0.310 e. The van der Waals surface area contributed by atoms with E-state index in [1.54, 1.807) is 0 Å². The Kier molecular flexibility index (Phi) is 4.81. The quantitative estimate of drug-likeness (QED) is 0.521. The summed E-state index contributed by atoms with van der Waals surface area (Å²) < 4.78 is 0. The molecule has 0 radical (unpaired) electrons. The van der Waals surface area contributed by atoms with E-state index in [-0.39, 0.29) is 6.61 Å². The Labute approximate surface area is 66.0 Å². The zero-order chi connectivity index (χ0) is 8.85. The Morgan fingerprint density at radius 3 is 2.45 bits per heavy atom. The van der Waals surface area contributed by atoms with Crippen LogP contribution in [0.3, 0.4) is 0 Å². The lowest BCUT2D eigenvalue weighted by Crippen LogP contribution is -2.37. The van der Waals surface area contributed by atoms with Gasteiger partial charge in [-0.25, -0.2) is 0 Å². The second-order valence-corrected chi connectivity index (χ2v) is 2.58. The highest BCUT2D eigenvalue weighted by atomic mass is 16.4. The molecule has 0 spiro atoms. The van der Waals surface area contributed by atoms with Crippen LogP contribution in [-0.4, -0.2) is 28.8 Å². The molecule has 0 saturated carbocycles. The van der Waals surface area contributed by atoms with E-state index in [0.717, 1.165) is 6.42 Å². The maximum Gasteiger partial charge on any atom is 0.310 e. The van der Waals surface area contributed by atoms with Gasteiger partial charge in [0.25, 0.3) is 0 Å².